The maximum atomic E-state index is 8.39. The molecule has 0 bridgehead atoms. The Morgan fingerprint density at radius 1 is 1.25 bits per heavy atom. The normalized spacial score (nSPS) is 10.5. The maximum Gasteiger partial charge on any atom is 0.101 e. The predicted octanol–water partition coefficient (Wildman–Crippen LogP) is -3.31. The van der Waals surface area contributed by atoms with Gasteiger partial charge in [-0.1, -0.05) is 0 Å². The number of likely N-dealkylation sites (N-methyl/N-ethyl adjacent to an activating group) is 1. The lowest BCUT2D eigenvalue weighted by Gasteiger charge is -2.21. The molecular weight excluding hydrogens is 127 g/mol. The summed E-state index contributed by atoms with van der Waals surface area (Å²) in [5.74, 6) is 0. The van der Waals surface area contributed by atoms with Crippen molar-refractivity contribution in [2.24, 2.45) is 0 Å². The van der Waals surface area contributed by atoms with E-state index in [1.807, 2.05) is 0 Å². The molecule has 0 aliphatic rings. The van der Waals surface area contributed by atoms with Gasteiger partial charge in [0.2, 0.25) is 0 Å². The van der Waals surface area contributed by atoms with Crippen LogP contribution in [0.4, 0.5) is 0 Å². The van der Waals surface area contributed by atoms with Gasteiger partial charge in [-0.3, -0.25) is 0 Å². The minimum absolute atomic E-state index is 0. The average Bonchev–Trinajstić information content (AvgIpc) is 1.30. The first-order valence-electron chi connectivity index (χ1n) is 2.47. The molecule has 0 saturated heterocycles. The smallest absolute Gasteiger partial charge is 0.101 e. The summed E-state index contributed by atoms with van der Waals surface area (Å²) in [6.45, 7) is 1.11. The van der Waals surface area contributed by atoms with Gasteiger partial charge in [0.1, 0.15) is 6.54 Å². The average molecular weight is 141 g/mol. The van der Waals surface area contributed by atoms with Crippen molar-refractivity contribution in [3.05, 3.63) is 0 Å². The highest BCUT2D eigenvalue weighted by Crippen LogP contribution is 1.84. The van der Waals surface area contributed by atoms with E-state index < -0.39 is 0 Å². The lowest BCUT2D eigenvalue weighted by Crippen LogP contribution is -3.00. The zero-order chi connectivity index (χ0) is 5.91. The zero-order valence-electron chi connectivity index (χ0n) is 5.69. The molecule has 0 aromatic heterocycles. The lowest BCUT2D eigenvalue weighted by atomic mass is 10.7. The fourth-order valence-electron chi connectivity index (χ4n) is 0.300. The van der Waals surface area contributed by atoms with Crippen molar-refractivity contribution in [1.29, 1.82) is 0 Å². The van der Waals surface area contributed by atoms with Crippen LogP contribution in [0.15, 0.2) is 0 Å². The van der Waals surface area contributed by atoms with Crippen molar-refractivity contribution in [3.8, 4) is 0 Å². The van der Waals surface area contributed by atoms with Gasteiger partial charge in [-0.25, -0.2) is 0 Å². The SMILES string of the molecule is C[N+](C)(C)C[13CH2]O.[Cl-]. The van der Waals surface area contributed by atoms with Crippen molar-refractivity contribution in [2.45, 2.75) is 0 Å². The van der Waals surface area contributed by atoms with Gasteiger partial charge in [-0.15, -0.1) is 0 Å². The fourth-order valence-corrected chi connectivity index (χ4v) is 0.300. The molecule has 0 radical (unpaired) electrons. The van der Waals surface area contributed by atoms with Gasteiger partial charge < -0.3 is 22.0 Å². The third kappa shape index (κ3) is 9.51. The Morgan fingerprint density at radius 3 is 1.62 bits per heavy atom. The first kappa shape index (κ1) is 11.1. The first-order chi connectivity index (χ1) is 3.06. The minimum atomic E-state index is 0. The predicted molar refractivity (Wildman–Crippen MR) is 30.0 cm³/mol. The molecule has 0 unspecified atom stereocenters. The number of nitrogens with zero attached hydrogens (tertiary/aromatic N) is 1. The van der Waals surface area contributed by atoms with Crippen LogP contribution < -0.4 is 12.4 Å². The first-order valence-corrected chi connectivity index (χ1v) is 2.47. The molecule has 0 aliphatic heterocycles. The minimum Gasteiger partial charge on any atom is -1.00 e. The summed E-state index contributed by atoms with van der Waals surface area (Å²) in [7, 11) is 6.16. The van der Waals surface area contributed by atoms with E-state index in [1.165, 1.54) is 0 Å². The van der Waals surface area contributed by atoms with E-state index in [0.717, 1.165) is 11.0 Å². The van der Waals surface area contributed by atoms with Crippen LogP contribution in [0.1, 0.15) is 0 Å². The van der Waals surface area contributed by atoms with Crippen LogP contribution in [-0.2, 0) is 0 Å². The molecule has 0 fully saturated rings. The van der Waals surface area contributed by atoms with Crippen LogP contribution in [-0.4, -0.2) is 43.9 Å². The Kier molecular flexibility index (Phi) is 5.71. The quantitative estimate of drug-likeness (QED) is 0.315. The van der Waals surface area contributed by atoms with Gasteiger partial charge in [-0.2, -0.15) is 0 Å². The number of quaternary nitrogens is 1. The van der Waals surface area contributed by atoms with Gasteiger partial charge in [0, 0.05) is 0 Å². The van der Waals surface area contributed by atoms with Crippen molar-refractivity contribution in [1.82, 2.24) is 0 Å². The second kappa shape index (κ2) is 4.13. The van der Waals surface area contributed by atoms with Gasteiger partial charge in [0.15, 0.2) is 0 Å². The van der Waals surface area contributed by atoms with Crippen LogP contribution in [0.2, 0.25) is 0 Å². The summed E-state index contributed by atoms with van der Waals surface area (Å²) in [5.41, 5.74) is 0. The van der Waals surface area contributed by atoms with E-state index in [2.05, 4.69) is 21.1 Å². The fraction of sp³-hybridized carbons (Fsp3) is 1.00. The number of rotatable bonds is 2. The highest BCUT2D eigenvalue weighted by atomic mass is 35.5. The van der Waals surface area contributed by atoms with Crippen LogP contribution in [0.25, 0.3) is 0 Å². The molecule has 0 aromatic rings. The Hall–Kier alpha value is 0.210. The topological polar surface area (TPSA) is 20.2 Å². The summed E-state index contributed by atoms with van der Waals surface area (Å²) in [4.78, 5) is 0. The molecule has 52 valence electrons. The molecule has 0 spiro atoms. The third-order valence-corrected chi connectivity index (χ3v) is 0.771. The van der Waals surface area contributed by atoms with Gasteiger partial charge in [-0.05, 0) is 0 Å². The largest absolute Gasteiger partial charge is 1.00 e. The van der Waals surface area contributed by atoms with E-state index in [-0.39, 0.29) is 19.0 Å². The van der Waals surface area contributed by atoms with Gasteiger partial charge in [0.25, 0.3) is 0 Å². The van der Waals surface area contributed by atoms with Crippen LogP contribution in [0.3, 0.4) is 0 Å². The van der Waals surface area contributed by atoms with Gasteiger partial charge in [0.05, 0.1) is 27.7 Å². The maximum absolute atomic E-state index is 8.39. The molecule has 2 nitrogen and oxygen atoms in total. The molecule has 0 aliphatic carbocycles. The second-order valence-electron chi connectivity index (χ2n) is 2.74. The lowest BCUT2D eigenvalue weighted by molar-refractivity contribution is -0.870. The van der Waals surface area contributed by atoms with Crippen molar-refractivity contribution in [3.63, 3.8) is 0 Å². The van der Waals surface area contributed by atoms with Crippen molar-refractivity contribution < 1.29 is 22.0 Å². The molecule has 0 heterocycles. The van der Waals surface area contributed by atoms with E-state index in [0.29, 0.717) is 0 Å². The molecule has 0 atom stereocenters. The number of aliphatic hydroxyl groups excluding tert-OH is 1. The van der Waals surface area contributed by atoms with Crippen LogP contribution in [0, 0.1) is 0 Å². The van der Waals surface area contributed by atoms with E-state index >= 15 is 0 Å². The molecule has 3 heteroatoms. The van der Waals surface area contributed by atoms with E-state index in [1.54, 1.807) is 0 Å². The Balaban J connectivity index is 0. The molecule has 8 heavy (non-hydrogen) atoms. The Morgan fingerprint density at radius 2 is 1.62 bits per heavy atom. The molecule has 0 rings (SSSR count). The van der Waals surface area contributed by atoms with Crippen molar-refractivity contribution in [2.75, 3.05) is 34.3 Å². The standard InChI is InChI=1S/C5H14NO.ClH/c1-6(2,3)4-5-7;/h7H,4-5H2,1-3H3;1H/q+1;/p-1/i5+1;. The summed E-state index contributed by atoms with van der Waals surface area (Å²) in [6, 6.07) is 0. The summed E-state index contributed by atoms with van der Waals surface area (Å²) in [6.07, 6.45) is 0. The summed E-state index contributed by atoms with van der Waals surface area (Å²) >= 11 is 0. The highest BCUT2D eigenvalue weighted by Gasteiger charge is 2.02. The summed E-state index contributed by atoms with van der Waals surface area (Å²) in [5, 5.41) is 8.39. The van der Waals surface area contributed by atoms with Crippen LogP contribution in [0.5, 0.6) is 0 Å². The second-order valence-corrected chi connectivity index (χ2v) is 2.74. The number of aliphatic hydroxyl groups is 1. The summed E-state index contributed by atoms with van der Waals surface area (Å²) < 4.78 is 0.844. The van der Waals surface area contributed by atoms with Crippen molar-refractivity contribution >= 4 is 0 Å². The molecular formula is C5H14ClNO. The number of hydrogen-bond donors (Lipinski definition) is 1. The zero-order valence-corrected chi connectivity index (χ0v) is 6.44. The molecule has 0 saturated carbocycles. The molecule has 0 amide bonds. The molecule has 1 N–H and O–H groups in total. The Labute approximate surface area is 57.1 Å². The number of hydrogen-bond acceptors (Lipinski definition) is 1. The monoisotopic (exact) mass is 140 g/mol. The van der Waals surface area contributed by atoms with E-state index in [9.17, 15) is 0 Å². The van der Waals surface area contributed by atoms with Crippen LogP contribution >= 0.6 is 0 Å². The third-order valence-electron chi connectivity index (χ3n) is 0.771. The molecule has 0 aromatic carbocycles. The van der Waals surface area contributed by atoms with E-state index in [4.69, 9.17) is 5.11 Å². The highest BCUT2D eigenvalue weighted by molar-refractivity contribution is 4.19. The van der Waals surface area contributed by atoms with Gasteiger partial charge >= 0.3 is 0 Å². The Bertz CT molecular complexity index is 50.9. The number of halogens is 1.